The summed E-state index contributed by atoms with van der Waals surface area (Å²) in [5.74, 6) is 0.0382. The zero-order valence-corrected chi connectivity index (χ0v) is 11.3. The minimum absolute atomic E-state index is 0.202. The van der Waals surface area contributed by atoms with Crippen molar-refractivity contribution in [2.75, 3.05) is 26.4 Å². The second kappa shape index (κ2) is 4.74. The quantitative estimate of drug-likeness (QED) is 0.832. The SMILES string of the molecule is CCC12OCC(COc3ccncc3C)(CO1)CO2. The van der Waals surface area contributed by atoms with Crippen LogP contribution in [0, 0.1) is 12.3 Å². The average molecular weight is 265 g/mol. The molecule has 0 radical (unpaired) electrons. The summed E-state index contributed by atoms with van der Waals surface area (Å²) >= 11 is 0. The van der Waals surface area contributed by atoms with E-state index in [1.807, 2.05) is 19.9 Å². The lowest BCUT2D eigenvalue weighted by molar-refractivity contribution is -0.470. The summed E-state index contributed by atoms with van der Waals surface area (Å²) in [5.41, 5.74) is 0.822. The first-order chi connectivity index (χ1) is 9.17. The highest BCUT2D eigenvalue weighted by Gasteiger charge is 2.52. The van der Waals surface area contributed by atoms with Crippen LogP contribution in [0.5, 0.6) is 5.75 Å². The molecule has 0 aliphatic carbocycles. The molecule has 3 fully saturated rings. The van der Waals surface area contributed by atoms with Gasteiger partial charge in [-0.15, -0.1) is 0 Å². The Bertz CT molecular complexity index is 438. The highest BCUT2D eigenvalue weighted by atomic mass is 16.9. The number of aryl methyl sites for hydroxylation is 1. The van der Waals surface area contributed by atoms with Crippen molar-refractivity contribution >= 4 is 0 Å². The molecule has 0 aromatic carbocycles. The Morgan fingerprint density at radius 2 is 1.95 bits per heavy atom. The zero-order valence-electron chi connectivity index (χ0n) is 11.3. The third kappa shape index (κ3) is 2.33. The van der Waals surface area contributed by atoms with Crippen LogP contribution in [0.15, 0.2) is 18.5 Å². The van der Waals surface area contributed by atoms with Crippen LogP contribution in [0.25, 0.3) is 0 Å². The number of nitrogens with zero attached hydrogens (tertiary/aromatic N) is 1. The van der Waals surface area contributed by atoms with E-state index in [0.29, 0.717) is 32.8 Å². The lowest BCUT2D eigenvalue weighted by atomic mass is 9.89. The normalized spacial score (nSPS) is 33.4. The first-order valence-corrected chi connectivity index (χ1v) is 6.62. The zero-order chi connectivity index (χ0) is 13.3. The molecule has 1 aromatic heterocycles. The molecule has 0 unspecified atom stereocenters. The number of rotatable bonds is 4. The average Bonchev–Trinajstić information content (AvgIpc) is 2.48. The fourth-order valence-corrected chi connectivity index (χ4v) is 2.32. The minimum Gasteiger partial charge on any atom is -0.492 e. The van der Waals surface area contributed by atoms with Gasteiger partial charge in [-0.2, -0.15) is 0 Å². The predicted molar refractivity (Wildman–Crippen MR) is 67.8 cm³/mol. The van der Waals surface area contributed by atoms with Crippen LogP contribution in [0.3, 0.4) is 0 Å². The third-order valence-corrected chi connectivity index (χ3v) is 3.73. The van der Waals surface area contributed by atoms with Crippen molar-refractivity contribution in [2.45, 2.75) is 26.2 Å². The first kappa shape index (κ1) is 12.8. The smallest absolute Gasteiger partial charge is 0.282 e. The molecule has 0 amide bonds. The van der Waals surface area contributed by atoms with Crippen LogP contribution in [0.4, 0.5) is 0 Å². The second-order valence-electron chi connectivity index (χ2n) is 5.33. The Hall–Kier alpha value is -1.17. The maximum absolute atomic E-state index is 5.88. The molecule has 3 aliphatic rings. The Morgan fingerprint density at radius 1 is 1.26 bits per heavy atom. The third-order valence-electron chi connectivity index (χ3n) is 3.73. The van der Waals surface area contributed by atoms with Gasteiger partial charge in [0, 0.05) is 24.4 Å². The molecule has 104 valence electrons. The van der Waals surface area contributed by atoms with Crippen molar-refractivity contribution in [3.63, 3.8) is 0 Å². The van der Waals surface area contributed by atoms with Crippen LogP contribution in [0.2, 0.25) is 0 Å². The molecule has 5 nitrogen and oxygen atoms in total. The van der Waals surface area contributed by atoms with Crippen LogP contribution in [-0.4, -0.2) is 37.4 Å². The number of hydrogen-bond donors (Lipinski definition) is 0. The van der Waals surface area contributed by atoms with Crippen molar-refractivity contribution in [2.24, 2.45) is 5.41 Å². The summed E-state index contributed by atoms with van der Waals surface area (Å²) in [7, 11) is 0. The van der Waals surface area contributed by atoms with E-state index in [9.17, 15) is 0 Å². The summed E-state index contributed by atoms with van der Waals surface area (Å²) in [4.78, 5) is 4.05. The highest BCUT2D eigenvalue weighted by Crippen LogP contribution is 2.40. The number of ether oxygens (including phenoxy) is 4. The van der Waals surface area contributed by atoms with E-state index in [-0.39, 0.29) is 5.41 Å². The molecule has 0 atom stereocenters. The van der Waals surface area contributed by atoms with Crippen LogP contribution < -0.4 is 4.74 Å². The van der Waals surface area contributed by atoms with Gasteiger partial charge < -0.3 is 18.9 Å². The van der Waals surface area contributed by atoms with Gasteiger partial charge in [-0.05, 0) is 13.0 Å². The summed E-state index contributed by atoms with van der Waals surface area (Å²) < 4.78 is 23.0. The first-order valence-electron chi connectivity index (χ1n) is 6.62. The van der Waals surface area contributed by atoms with E-state index in [0.717, 1.165) is 11.3 Å². The number of pyridine rings is 1. The standard InChI is InChI=1S/C14H19NO4/c1-3-14-17-8-13(9-18-14,10-19-14)7-16-12-4-5-15-6-11(12)2/h4-6H,3,7-10H2,1-2H3. The molecule has 3 saturated heterocycles. The van der Waals surface area contributed by atoms with E-state index >= 15 is 0 Å². The van der Waals surface area contributed by atoms with Gasteiger partial charge in [0.2, 0.25) is 0 Å². The summed E-state index contributed by atoms with van der Waals surface area (Å²) in [6.07, 6.45) is 4.22. The lowest BCUT2D eigenvalue weighted by Gasteiger charge is -2.51. The predicted octanol–water partition coefficient (Wildman–Crippen LogP) is 1.90. The maximum Gasteiger partial charge on any atom is 0.282 e. The molecule has 19 heavy (non-hydrogen) atoms. The molecule has 0 saturated carbocycles. The molecule has 5 heteroatoms. The number of hydrogen-bond acceptors (Lipinski definition) is 5. The maximum atomic E-state index is 5.88. The van der Waals surface area contributed by atoms with Gasteiger partial charge in [0.05, 0.1) is 25.2 Å². The van der Waals surface area contributed by atoms with Gasteiger partial charge in [0.15, 0.2) is 0 Å². The van der Waals surface area contributed by atoms with Crippen molar-refractivity contribution < 1.29 is 18.9 Å². The number of fused-ring (bicyclic) bond motifs is 3. The van der Waals surface area contributed by atoms with Crippen molar-refractivity contribution in [3.8, 4) is 5.75 Å². The van der Waals surface area contributed by atoms with Crippen molar-refractivity contribution in [1.29, 1.82) is 0 Å². The van der Waals surface area contributed by atoms with Gasteiger partial charge >= 0.3 is 0 Å². The van der Waals surface area contributed by atoms with Crippen molar-refractivity contribution in [3.05, 3.63) is 24.0 Å². The van der Waals surface area contributed by atoms with Gasteiger partial charge in [0.1, 0.15) is 12.4 Å². The Balaban J connectivity index is 1.64. The van der Waals surface area contributed by atoms with E-state index in [2.05, 4.69) is 4.98 Å². The monoisotopic (exact) mass is 265 g/mol. The Kier molecular flexibility index (Phi) is 3.20. The van der Waals surface area contributed by atoms with Crippen LogP contribution >= 0.6 is 0 Å². The molecule has 4 rings (SSSR count). The second-order valence-corrected chi connectivity index (χ2v) is 5.33. The number of aromatic nitrogens is 1. The lowest BCUT2D eigenvalue weighted by Crippen LogP contribution is -2.61. The van der Waals surface area contributed by atoms with E-state index in [1.54, 1.807) is 12.4 Å². The van der Waals surface area contributed by atoms with E-state index < -0.39 is 5.97 Å². The molecular weight excluding hydrogens is 246 g/mol. The highest BCUT2D eigenvalue weighted by molar-refractivity contribution is 5.28. The fraction of sp³-hybridized carbons (Fsp3) is 0.643. The van der Waals surface area contributed by atoms with Gasteiger partial charge in [-0.25, -0.2) is 0 Å². The molecule has 2 bridgehead atoms. The Morgan fingerprint density at radius 3 is 2.53 bits per heavy atom. The van der Waals surface area contributed by atoms with Crippen LogP contribution in [-0.2, 0) is 14.2 Å². The molecule has 0 N–H and O–H groups in total. The molecule has 3 aliphatic heterocycles. The van der Waals surface area contributed by atoms with Gasteiger partial charge in [-0.3, -0.25) is 4.98 Å². The van der Waals surface area contributed by atoms with Crippen LogP contribution in [0.1, 0.15) is 18.9 Å². The molecule has 4 heterocycles. The van der Waals surface area contributed by atoms with Crippen molar-refractivity contribution in [1.82, 2.24) is 4.98 Å². The summed E-state index contributed by atoms with van der Waals surface area (Å²) in [6.45, 7) is 6.35. The Labute approximate surface area is 112 Å². The topological polar surface area (TPSA) is 49.8 Å². The van der Waals surface area contributed by atoms with E-state index in [4.69, 9.17) is 18.9 Å². The summed E-state index contributed by atoms with van der Waals surface area (Å²) in [5, 5.41) is 0. The molecular formula is C14H19NO4. The largest absolute Gasteiger partial charge is 0.492 e. The van der Waals surface area contributed by atoms with Gasteiger partial charge in [-0.1, -0.05) is 6.92 Å². The van der Waals surface area contributed by atoms with Gasteiger partial charge in [0.25, 0.3) is 5.97 Å². The van der Waals surface area contributed by atoms with E-state index in [1.165, 1.54) is 0 Å². The summed E-state index contributed by atoms with van der Waals surface area (Å²) in [6, 6.07) is 1.87. The minimum atomic E-state index is -0.811. The fourth-order valence-electron chi connectivity index (χ4n) is 2.32. The molecule has 1 aromatic rings. The molecule has 0 spiro atoms.